The van der Waals surface area contributed by atoms with Gasteiger partial charge in [0.1, 0.15) is 10.6 Å². The number of carbonyl (C=O) groups excluding carboxylic acids is 2. The van der Waals surface area contributed by atoms with Gasteiger partial charge in [-0.05, 0) is 18.2 Å². The van der Waals surface area contributed by atoms with E-state index in [-0.39, 0.29) is 10.7 Å². The molecule has 0 saturated carbocycles. The van der Waals surface area contributed by atoms with E-state index in [2.05, 4.69) is 15.3 Å². The average Bonchev–Trinajstić information content (AvgIpc) is 3.33. The van der Waals surface area contributed by atoms with E-state index in [0.29, 0.717) is 36.7 Å². The van der Waals surface area contributed by atoms with E-state index in [1.165, 1.54) is 22.7 Å². The number of nitrogens with one attached hydrogen (secondary N) is 2. The van der Waals surface area contributed by atoms with Crippen LogP contribution in [-0.4, -0.2) is 21.8 Å². The predicted octanol–water partition coefficient (Wildman–Crippen LogP) is 5.66. The number of nitrogens with zero attached hydrogens (tertiary/aromatic N) is 1. The van der Waals surface area contributed by atoms with Crippen LogP contribution < -0.4 is 11.1 Å². The number of aromatic amines is 1. The third-order valence-electron chi connectivity index (χ3n) is 3.82. The van der Waals surface area contributed by atoms with Crippen LogP contribution in [0.3, 0.4) is 0 Å². The van der Waals surface area contributed by atoms with Crippen molar-refractivity contribution < 1.29 is 9.59 Å². The van der Waals surface area contributed by atoms with Crippen molar-refractivity contribution in [2.75, 3.05) is 5.32 Å². The fourth-order valence-corrected chi connectivity index (χ4v) is 5.55. The standard InChI is InChI=1S/C17H9Cl3N4O2S2/c18-7-2-8(19)12-11(3-7)28-14(13(12)20)16(26)24-17-23-10(5-27-17)6-1-9(15(21)25)22-4-6/h1-5,22H,(H2,21,25)(H,23,24,26). The number of hydrogen-bond acceptors (Lipinski definition) is 5. The number of thiophene rings is 1. The molecule has 1 aromatic carbocycles. The average molecular weight is 472 g/mol. The molecule has 0 aliphatic heterocycles. The Morgan fingerprint density at radius 3 is 2.68 bits per heavy atom. The van der Waals surface area contributed by atoms with Gasteiger partial charge in [0.05, 0.1) is 15.7 Å². The first-order valence-electron chi connectivity index (χ1n) is 7.66. The van der Waals surface area contributed by atoms with Gasteiger partial charge in [-0.1, -0.05) is 34.8 Å². The van der Waals surface area contributed by atoms with Gasteiger partial charge in [0.15, 0.2) is 5.13 Å². The van der Waals surface area contributed by atoms with Crippen LogP contribution in [-0.2, 0) is 0 Å². The topological polar surface area (TPSA) is 101 Å². The maximum absolute atomic E-state index is 12.7. The van der Waals surface area contributed by atoms with E-state index >= 15 is 0 Å². The van der Waals surface area contributed by atoms with E-state index in [1.807, 2.05) is 0 Å². The van der Waals surface area contributed by atoms with Crippen LogP contribution >= 0.6 is 57.5 Å². The third kappa shape index (κ3) is 3.49. The van der Waals surface area contributed by atoms with Crippen LogP contribution in [0.2, 0.25) is 15.1 Å². The second-order valence-corrected chi connectivity index (χ2v) is 8.80. The Hall–Kier alpha value is -2.10. The molecule has 6 nitrogen and oxygen atoms in total. The van der Waals surface area contributed by atoms with E-state index in [0.717, 1.165) is 4.70 Å². The maximum Gasteiger partial charge on any atom is 0.269 e. The molecule has 0 aliphatic carbocycles. The lowest BCUT2D eigenvalue weighted by atomic mass is 10.2. The van der Waals surface area contributed by atoms with Crippen molar-refractivity contribution in [3.63, 3.8) is 0 Å². The Bertz CT molecular complexity index is 1240. The summed E-state index contributed by atoms with van der Waals surface area (Å²) in [5.74, 6) is -0.959. The first-order valence-corrected chi connectivity index (χ1v) is 10.5. The Morgan fingerprint density at radius 1 is 1.18 bits per heavy atom. The highest BCUT2D eigenvalue weighted by Crippen LogP contribution is 2.41. The number of benzene rings is 1. The van der Waals surface area contributed by atoms with Crippen molar-refractivity contribution >= 4 is 84.5 Å². The SMILES string of the molecule is NC(=O)c1cc(-c2csc(NC(=O)c3sc4cc(Cl)cc(Cl)c4c3Cl)n2)c[nH]1. The summed E-state index contributed by atoms with van der Waals surface area (Å²) in [6.45, 7) is 0. The fraction of sp³-hybridized carbons (Fsp3) is 0. The maximum atomic E-state index is 12.7. The summed E-state index contributed by atoms with van der Waals surface area (Å²) in [5, 5.41) is 6.59. The van der Waals surface area contributed by atoms with Gasteiger partial charge in [0, 0.05) is 32.2 Å². The smallest absolute Gasteiger partial charge is 0.269 e. The summed E-state index contributed by atoms with van der Waals surface area (Å²) >= 11 is 21.0. The van der Waals surface area contributed by atoms with Crippen molar-refractivity contribution in [3.8, 4) is 11.3 Å². The minimum absolute atomic E-state index is 0.271. The van der Waals surface area contributed by atoms with Crippen LogP contribution in [0.1, 0.15) is 20.2 Å². The minimum Gasteiger partial charge on any atom is -0.364 e. The molecule has 3 aromatic heterocycles. The minimum atomic E-state index is -0.562. The molecule has 0 aliphatic rings. The normalized spacial score (nSPS) is 11.1. The lowest BCUT2D eigenvalue weighted by Gasteiger charge is -1.99. The van der Waals surface area contributed by atoms with Gasteiger partial charge in [-0.3, -0.25) is 14.9 Å². The molecule has 3 heterocycles. The number of aromatic nitrogens is 2. The number of halogens is 3. The molecule has 0 bridgehead atoms. The summed E-state index contributed by atoms with van der Waals surface area (Å²) in [7, 11) is 0. The number of amides is 2. The number of primary amides is 1. The number of hydrogen-bond donors (Lipinski definition) is 3. The Balaban J connectivity index is 1.60. The van der Waals surface area contributed by atoms with Crippen molar-refractivity contribution in [1.82, 2.24) is 9.97 Å². The number of H-pyrrole nitrogens is 1. The zero-order valence-corrected chi connectivity index (χ0v) is 17.6. The molecular formula is C17H9Cl3N4O2S2. The molecule has 0 saturated heterocycles. The molecule has 0 atom stereocenters. The molecule has 0 unspecified atom stereocenters. The van der Waals surface area contributed by atoms with Crippen molar-refractivity contribution in [1.29, 1.82) is 0 Å². The van der Waals surface area contributed by atoms with Crippen LogP contribution in [0.15, 0.2) is 29.8 Å². The van der Waals surface area contributed by atoms with Crippen molar-refractivity contribution in [3.05, 3.63) is 55.4 Å². The molecule has 0 fully saturated rings. The molecule has 11 heteroatoms. The number of fused-ring (bicyclic) bond motifs is 1. The van der Waals surface area contributed by atoms with E-state index in [9.17, 15) is 9.59 Å². The second kappa shape index (κ2) is 7.38. The first-order chi connectivity index (χ1) is 13.3. The number of thiazole rings is 1. The molecular weight excluding hydrogens is 463 g/mol. The Labute approximate surface area is 181 Å². The van der Waals surface area contributed by atoms with Gasteiger partial charge in [-0.25, -0.2) is 4.98 Å². The number of rotatable bonds is 4. The zero-order valence-electron chi connectivity index (χ0n) is 13.7. The highest BCUT2D eigenvalue weighted by Gasteiger charge is 2.21. The second-order valence-electron chi connectivity index (χ2n) is 5.66. The number of anilines is 1. The summed E-state index contributed by atoms with van der Waals surface area (Å²) in [4.78, 5) is 31.3. The Morgan fingerprint density at radius 2 is 1.96 bits per heavy atom. The summed E-state index contributed by atoms with van der Waals surface area (Å²) < 4.78 is 0.721. The highest BCUT2D eigenvalue weighted by molar-refractivity contribution is 7.22. The number of nitrogens with two attached hydrogens (primary N) is 1. The molecule has 4 N–H and O–H groups in total. The van der Waals surface area contributed by atoms with Gasteiger partial charge in [0.25, 0.3) is 11.8 Å². The molecule has 142 valence electrons. The third-order valence-corrected chi connectivity index (χ3v) is 6.72. The van der Waals surface area contributed by atoms with Gasteiger partial charge < -0.3 is 10.7 Å². The van der Waals surface area contributed by atoms with Crippen LogP contribution in [0.5, 0.6) is 0 Å². The highest BCUT2D eigenvalue weighted by atomic mass is 35.5. The van der Waals surface area contributed by atoms with E-state index in [4.69, 9.17) is 40.5 Å². The quantitative estimate of drug-likeness (QED) is 0.358. The summed E-state index contributed by atoms with van der Waals surface area (Å²) in [5.41, 5.74) is 6.80. The fourth-order valence-electron chi connectivity index (χ4n) is 2.56. The molecule has 28 heavy (non-hydrogen) atoms. The molecule has 4 aromatic rings. The van der Waals surface area contributed by atoms with Gasteiger partial charge in [-0.15, -0.1) is 22.7 Å². The first kappa shape index (κ1) is 19.2. The van der Waals surface area contributed by atoms with E-state index < -0.39 is 11.8 Å². The van der Waals surface area contributed by atoms with E-state index in [1.54, 1.807) is 29.8 Å². The molecule has 4 rings (SSSR count). The summed E-state index contributed by atoms with van der Waals surface area (Å²) in [6.07, 6.45) is 1.62. The molecule has 0 radical (unpaired) electrons. The van der Waals surface area contributed by atoms with Crippen LogP contribution in [0.25, 0.3) is 21.3 Å². The van der Waals surface area contributed by atoms with Crippen LogP contribution in [0.4, 0.5) is 5.13 Å². The number of carbonyl (C=O) groups is 2. The monoisotopic (exact) mass is 470 g/mol. The van der Waals surface area contributed by atoms with Crippen LogP contribution in [0, 0.1) is 0 Å². The van der Waals surface area contributed by atoms with Crippen molar-refractivity contribution in [2.45, 2.75) is 0 Å². The lowest BCUT2D eigenvalue weighted by molar-refractivity contribution is 0.0994. The summed E-state index contributed by atoms with van der Waals surface area (Å²) in [6, 6.07) is 4.88. The molecule has 0 spiro atoms. The Kier molecular flexibility index (Phi) is 5.07. The van der Waals surface area contributed by atoms with Gasteiger partial charge in [-0.2, -0.15) is 0 Å². The van der Waals surface area contributed by atoms with Gasteiger partial charge in [0.2, 0.25) is 0 Å². The van der Waals surface area contributed by atoms with Crippen molar-refractivity contribution in [2.24, 2.45) is 5.73 Å². The molecule has 2 amide bonds. The largest absolute Gasteiger partial charge is 0.364 e. The zero-order chi connectivity index (χ0) is 20.0. The van der Waals surface area contributed by atoms with Gasteiger partial charge >= 0.3 is 0 Å². The lowest BCUT2D eigenvalue weighted by Crippen LogP contribution is -2.10. The predicted molar refractivity (Wildman–Crippen MR) is 115 cm³/mol.